The zero-order valence-corrected chi connectivity index (χ0v) is 11.1. The van der Waals surface area contributed by atoms with E-state index in [2.05, 4.69) is 10.3 Å². The number of benzene rings is 1. The zero-order valence-electron chi connectivity index (χ0n) is 11.1. The fourth-order valence-corrected chi connectivity index (χ4v) is 1.73. The van der Waals surface area contributed by atoms with Gasteiger partial charge >= 0.3 is 6.03 Å². The van der Waals surface area contributed by atoms with E-state index in [0.29, 0.717) is 0 Å². The lowest BCUT2D eigenvalue weighted by Gasteiger charge is -2.24. The van der Waals surface area contributed by atoms with E-state index in [0.717, 1.165) is 11.4 Å². The second kappa shape index (κ2) is 6.00. The van der Waals surface area contributed by atoms with Gasteiger partial charge in [-0.25, -0.2) is 4.79 Å². The lowest BCUT2D eigenvalue weighted by Crippen LogP contribution is -2.33. The van der Waals surface area contributed by atoms with Crippen LogP contribution in [0.15, 0.2) is 54.7 Å². The van der Waals surface area contributed by atoms with Crippen LogP contribution in [0.1, 0.15) is 18.7 Å². The van der Waals surface area contributed by atoms with Crippen molar-refractivity contribution < 1.29 is 4.79 Å². The number of hydrogen-bond acceptors (Lipinski definition) is 2. The SMILES string of the molecule is CC(c1ccccn1)N(C)C(=O)Nc1ccccc1. The number of nitrogens with zero attached hydrogens (tertiary/aromatic N) is 2. The molecule has 1 atom stereocenters. The van der Waals surface area contributed by atoms with Gasteiger partial charge in [0.2, 0.25) is 0 Å². The Balaban J connectivity index is 2.03. The molecule has 1 aromatic carbocycles. The van der Waals surface area contributed by atoms with Gasteiger partial charge in [-0.3, -0.25) is 4.98 Å². The van der Waals surface area contributed by atoms with Crippen LogP contribution >= 0.6 is 0 Å². The van der Waals surface area contributed by atoms with Crippen molar-refractivity contribution in [2.45, 2.75) is 13.0 Å². The Morgan fingerprint density at radius 3 is 2.47 bits per heavy atom. The fraction of sp³-hybridized carbons (Fsp3) is 0.200. The van der Waals surface area contributed by atoms with E-state index in [9.17, 15) is 4.79 Å². The van der Waals surface area contributed by atoms with Crippen LogP contribution in [0.2, 0.25) is 0 Å². The van der Waals surface area contributed by atoms with Crippen LogP contribution in [0.5, 0.6) is 0 Å². The molecule has 0 radical (unpaired) electrons. The molecule has 4 heteroatoms. The smallest absolute Gasteiger partial charge is 0.319 e. The Morgan fingerprint density at radius 1 is 1.16 bits per heavy atom. The van der Waals surface area contributed by atoms with E-state index in [1.54, 1.807) is 18.1 Å². The molecule has 19 heavy (non-hydrogen) atoms. The third-order valence-corrected chi connectivity index (χ3v) is 3.04. The number of nitrogens with one attached hydrogen (secondary N) is 1. The predicted octanol–water partition coefficient (Wildman–Crippen LogP) is 3.31. The van der Waals surface area contributed by atoms with Gasteiger partial charge in [0.15, 0.2) is 0 Å². The summed E-state index contributed by atoms with van der Waals surface area (Å²) < 4.78 is 0. The number of amides is 2. The summed E-state index contributed by atoms with van der Waals surface area (Å²) in [5.74, 6) is 0. The van der Waals surface area contributed by atoms with Gasteiger partial charge in [-0.15, -0.1) is 0 Å². The summed E-state index contributed by atoms with van der Waals surface area (Å²) in [7, 11) is 1.76. The van der Waals surface area contributed by atoms with Crippen molar-refractivity contribution in [3.05, 3.63) is 60.4 Å². The van der Waals surface area contributed by atoms with Crippen LogP contribution in [0.4, 0.5) is 10.5 Å². The summed E-state index contributed by atoms with van der Waals surface area (Å²) in [6.07, 6.45) is 1.73. The number of carbonyl (C=O) groups excluding carboxylic acids is 1. The Bertz CT molecular complexity index is 528. The summed E-state index contributed by atoms with van der Waals surface area (Å²) in [5.41, 5.74) is 1.65. The van der Waals surface area contributed by atoms with Crippen LogP contribution in [-0.4, -0.2) is 23.0 Å². The van der Waals surface area contributed by atoms with E-state index < -0.39 is 0 Å². The number of rotatable bonds is 3. The van der Waals surface area contributed by atoms with Crippen molar-refractivity contribution >= 4 is 11.7 Å². The summed E-state index contributed by atoms with van der Waals surface area (Å²) in [4.78, 5) is 18.0. The first-order chi connectivity index (χ1) is 9.18. The topological polar surface area (TPSA) is 45.2 Å². The number of pyridine rings is 1. The van der Waals surface area contributed by atoms with Gasteiger partial charge < -0.3 is 10.2 Å². The molecule has 0 saturated heterocycles. The Labute approximate surface area is 113 Å². The average Bonchev–Trinajstić information content (AvgIpc) is 2.47. The fourth-order valence-electron chi connectivity index (χ4n) is 1.73. The van der Waals surface area contributed by atoms with Crippen molar-refractivity contribution in [1.29, 1.82) is 0 Å². The van der Waals surface area contributed by atoms with Crippen molar-refractivity contribution in [3.63, 3.8) is 0 Å². The standard InChI is InChI=1S/C15H17N3O/c1-12(14-10-6-7-11-16-14)18(2)15(19)17-13-8-4-3-5-9-13/h3-12H,1-2H3,(H,17,19). The highest BCUT2D eigenvalue weighted by Crippen LogP contribution is 2.17. The number of urea groups is 1. The van der Waals surface area contributed by atoms with Gasteiger partial charge in [0, 0.05) is 18.9 Å². The minimum Gasteiger partial charge on any atom is -0.319 e. The lowest BCUT2D eigenvalue weighted by molar-refractivity contribution is 0.207. The van der Waals surface area contributed by atoms with Gasteiger partial charge in [0.25, 0.3) is 0 Å². The maximum atomic E-state index is 12.1. The van der Waals surface area contributed by atoms with Crippen LogP contribution in [0.3, 0.4) is 0 Å². The Kier molecular flexibility index (Phi) is 4.13. The third kappa shape index (κ3) is 3.31. The summed E-state index contributed by atoms with van der Waals surface area (Å²) >= 11 is 0. The van der Waals surface area contributed by atoms with Crippen LogP contribution in [0.25, 0.3) is 0 Å². The zero-order chi connectivity index (χ0) is 13.7. The highest BCUT2D eigenvalue weighted by atomic mass is 16.2. The molecule has 1 aromatic heterocycles. The van der Waals surface area contributed by atoms with Crippen molar-refractivity contribution in [1.82, 2.24) is 9.88 Å². The molecule has 2 aromatic rings. The maximum absolute atomic E-state index is 12.1. The number of anilines is 1. The molecule has 1 heterocycles. The van der Waals surface area contributed by atoms with E-state index in [4.69, 9.17) is 0 Å². The normalized spacial score (nSPS) is 11.7. The largest absolute Gasteiger partial charge is 0.322 e. The van der Waals surface area contributed by atoms with E-state index >= 15 is 0 Å². The first kappa shape index (κ1) is 13.1. The quantitative estimate of drug-likeness (QED) is 0.914. The molecule has 0 aliphatic rings. The molecule has 0 aliphatic carbocycles. The average molecular weight is 255 g/mol. The lowest BCUT2D eigenvalue weighted by atomic mass is 10.2. The van der Waals surface area contributed by atoms with E-state index in [1.165, 1.54) is 0 Å². The summed E-state index contributed by atoms with van der Waals surface area (Å²) in [5, 5.41) is 2.85. The van der Waals surface area contributed by atoms with Crippen molar-refractivity contribution in [3.8, 4) is 0 Å². The highest BCUT2D eigenvalue weighted by Gasteiger charge is 2.17. The minimum absolute atomic E-state index is 0.0788. The Hall–Kier alpha value is -2.36. The molecule has 0 saturated carbocycles. The molecule has 0 bridgehead atoms. The summed E-state index contributed by atoms with van der Waals surface area (Å²) in [6, 6.07) is 14.9. The molecule has 0 fully saturated rings. The van der Waals surface area contributed by atoms with Crippen molar-refractivity contribution in [2.24, 2.45) is 0 Å². The van der Waals surface area contributed by atoms with Crippen LogP contribution < -0.4 is 5.32 Å². The van der Waals surface area contributed by atoms with E-state index in [1.807, 2.05) is 55.5 Å². The molecule has 0 aliphatic heterocycles. The molecule has 0 spiro atoms. The van der Waals surface area contributed by atoms with Gasteiger partial charge in [0.05, 0.1) is 11.7 Å². The molecule has 1 unspecified atom stereocenters. The third-order valence-electron chi connectivity index (χ3n) is 3.04. The van der Waals surface area contributed by atoms with Crippen LogP contribution in [0, 0.1) is 0 Å². The maximum Gasteiger partial charge on any atom is 0.322 e. The minimum atomic E-state index is -0.149. The first-order valence-corrected chi connectivity index (χ1v) is 6.18. The van der Waals surface area contributed by atoms with Gasteiger partial charge in [-0.05, 0) is 31.2 Å². The first-order valence-electron chi connectivity index (χ1n) is 6.18. The van der Waals surface area contributed by atoms with Crippen LogP contribution in [-0.2, 0) is 0 Å². The Morgan fingerprint density at radius 2 is 1.84 bits per heavy atom. The molecule has 2 rings (SSSR count). The number of hydrogen-bond donors (Lipinski definition) is 1. The molecule has 1 N–H and O–H groups in total. The predicted molar refractivity (Wildman–Crippen MR) is 75.9 cm³/mol. The summed E-state index contributed by atoms with van der Waals surface area (Å²) in [6.45, 7) is 1.95. The molecular weight excluding hydrogens is 238 g/mol. The number of para-hydroxylation sites is 1. The molecule has 2 amide bonds. The monoisotopic (exact) mass is 255 g/mol. The second-order valence-corrected chi connectivity index (χ2v) is 4.34. The second-order valence-electron chi connectivity index (χ2n) is 4.34. The van der Waals surface area contributed by atoms with Gasteiger partial charge in [-0.2, -0.15) is 0 Å². The molecular formula is C15H17N3O. The number of aromatic nitrogens is 1. The van der Waals surface area contributed by atoms with Gasteiger partial charge in [-0.1, -0.05) is 24.3 Å². The molecule has 98 valence electrons. The van der Waals surface area contributed by atoms with Gasteiger partial charge in [0.1, 0.15) is 0 Å². The highest BCUT2D eigenvalue weighted by molar-refractivity contribution is 5.89. The van der Waals surface area contributed by atoms with Crippen molar-refractivity contribution in [2.75, 3.05) is 12.4 Å². The molecule has 4 nitrogen and oxygen atoms in total. The number of carbonyl (C=O) groups is 1. The van der Waals surface area contributed by atoms with E-state index in [-0.39, 0.29) is 12.1 Å².